The van der Waals surface area contributed by atoms with Crippen LogP contribution >= 0.6 is 0 Å². The summed E-state index contributed by atoms with van der Waals surface area (Å²) in [4.78, 5) is 19.5. The van der Waals surface area contributed by atoms with Gasteiger partial charge in [0.05, 0.1) is 12.5 Å². The summed E-state index contributed by atoms with van der Waals surface area (Å²) in [5.41, 5.74) is 0.228. The lowest BCUT2D eigenvalue weighted by molar-refractivity contribution is 0.0941. The van der Waals surface area contributed by atoms with Gasteiger partial charge in [0, 0.05) is 31.5 Å². The Labute approximate surface area is 112 Å². The first kappa shape index (κ1) is 13.9. The van der Waals surface area contributed by atoms with E-state index in [0.29, 0.717) is 13.1 Å². The maximum Gasteiger partial charge on any atom is 0.271 e. The van der Waals surface area contributed by atoms with Gasteiger partial charge in [0.1, 0.15) is 5.69 Å². The number of rotatable bonds is 4. The van der Waals surface area contributed by atoms with Gasteiger partial charge in [-0.2, -0.15) is 4.31 Å². The molecule has 0 aliphatic carbocycles. The molecule has 1 fully saturated rings. The van der Waals surface area contributed by atoms with Crippen molar-refractivity contribution < 1.29 is 13.2 Å². The van der Waals surface area contributed by atoms with Crippen molar-refractivity contribution in [1.29, 1.82) is 0 Å². The molecule has 1 aromatic heterocycles. The fourth-order valence-corrected chi connectivity index (χ4v) is 3.35. The second-order valence-corrected chi connectivity index (χ2v) is 6.41. The van der Waals surface area contributed by atoms with Crippen LogP contribution < -0.4 is 5.32 Å². The molecule has 1 unspecified atom stereocenters. The van der Waals surface area contributed by atoms with Gasteiger partial charge in [-0.05, 0) is 12.8 Å². The van der Waals surface area contributed by atoms with Gasteiger partial charge in [-0.1, -0.05) is 0 Å². The molecule has 2 heterocycles. The third kappa shape index (κ3) is 3.48. The first-order valence-electron chi connectivity index (χ1n) is 5.99. The number of amides is 1. The van der Waals surface area contributed by atoms with E-state index in [2.05, 4.69) is 15.3 Å². The first-order chi connectivity index (χ1) is 8.98. The summed E-state index contributed by atoms with van der Waals surface area (Å²) in [7, 11) is -3.21. The van der Waals surface area contributed by atoms with Gasteiger partial charge in [-0.25, -0.2) is 13.4 Å². The third-order valence-electron chi connectivity index (χ3n) is 3.04. The Morgan fingerprint density at radius 3 is 2.95 bits per heavy atom. The molecule has 1 amide bonds. The van der Waals surface area contributed by atoms with Crippen molar-refractivity contribution in [3.05, 3.63) is 24.3 Å². The molecule has 0 aromatic carbocycles. The highest BCUT2D eigenvalue weighted by atomic mass is 32.2. The number of hydrogen-bond acceptors (Lipinski definition) is 5. The molecule has 0 radical (unpaired) electrons. The smallest absolute Gasteiger partial charge is 0.271 e. The van der Waals surface area contributed by atoms with Crippen LogP contribution in [0, 0.1) is 0 Å². The highest BCUT2D eigenvalue weighted by molar-refractivity contribution is 7.88. The SMILES string of the molecule is CS(=O)(=O)N1CCCC1CNC(=O)c1cnccn1. The summed E-state index contributed by atoms with van der Waals surface area (Å²) in [5.74, 6) is -0.339. The quantitative estimate of drug-likeness (QED) is 0.814. The largest absolute Gasteiger partial charge is 0.349 e. The van der Waals surface area contributed by atoms with Gasteiger partial charge in [0.2, 0.25) is 10.0 Å². The average Bonchev–Trinajstić information content (AvgIpc) is 2.85. The van der Waals surface area contributed by atoms with Gasteiger partial charge >= 0.3 is 0 Å². The fourth-order valence-electron chi connectivity index (χ4n) is 2.17. The maximum absolute atomic E-state index is 11.8. The number of carbonyl (C=O) groups excluding carboxylic acids is 1. The Bertz CT molecular complexity index is 546. The summed E-state index contributed by atoms with van der Waals surface area (Å²) >= 11 is 0. The van der Waals surface area contributed by atoms with Crippen LogP contribution in [-0.4, -0.2) is 54.0 Å². The normalized spacial score (nSPS) is 20.4. The minimum absolute atomic E-state index is 0.171. The summed E-state index contributed by atoms with van der Waals surface area (Å²) in [6, 6.07) is -0.171. The zero-order valence-electron chi connectivity index (χ0n) is 10.6. The van der Waals surface area contributed by atoms with Crippen molar-refractivity contribution in [3.8, 4) is 0 Å². The van der Waals surface area contributed by atoms with Crippen molar-refractivity contribution in [2.24, 2.45) is 0 Å². The topological polar surface area (TPSA) is 92.3 Å². The van der Waals surface area contributed by atoms with E-state index in [4.69, 9.17) is 0 Å². The molecule has 19 heavy (non-hydrogen) atoms. The highest BCUT2D eigenvalue weighted by Crippen LogP contribution is 2.19. The predicted octanol–water partition coefficient (Wildman–Crippen LogP) is -0.370. The second-order valence-electron chi connectivity index (χ2n) is 4.47. The Hall–Kier alpha value is -1.54. The van der Waals surface area contributed by atoms with Gasteiger partial charge in [-0.15, -0.1) is 0 Å². The van der Waals surface area contributed by atoms with Gasteiger partial charge < -0.3 is 5.32 Å². The number of nitrogens with one attached hydrogen (secondary N) is 1. The maximum atomic E-state index is 11.8. The zero-order chi connectivity index (χ0) is 13.9. The van der Waals surface area contributed by atoms with Crippen molar-refractivity contribution >= 4 is 15.9 Å². The van der Waals surface area contributed by atoms with Gasteiger partial charge in [0.25, 0.3) is 5.91 Å². The van der Waals surface area contributed by atoms with Crippen molar-refractivity contribution in [2.75, 3.05) is 19.3 Å². The number of sulfonamides is 1. The third-order valence-corrected chi connectivity index (χ3v) is 4.38. The molecule has 0 spiro atoms. The van der Waals surface area contributed by atoms with Crippen LogP contribution in [0.2, 0.25) is 0 Å². The van der Waals surface area contributed by atoms with E-state index in [1.165, 1.54) is 29.2 Å². The fraction of sp³-hybridized carbons (Fsp3) is 0.545. The predicted molar refractivity (Wildman–Crippen MR) is 68.9 cm³/mol. The Morgan fingerprint density at radius 2 is 2.32 bits per heavy atom. The van der Waals surface area contributed by atoms with E-state index in [1.807, 2.05) is 0 Å². The lowest BCUT2D eigenvalue weighted by atomic mass is 10.2. The van der Waals surface area contributed by atoms with E-state index in [1.54, 1.807) is 0 Å². The van der Waals surface area contributed by atoms with Crippen LogP contribution in [0.4, 0.5) is 0 Å². The Morgan fingerprint density at radius 1 is 1.53 bits per heavy atom. The minimum atomic E-state index is -3.21. The molecule has 0 saturated carbocycles. The molecule has 1 aliphatic rings. The number of hydrogen-bond donors (Lipinski definition) is 1. The average molecular weight is 284 g/mol. The summed E-state index contributed by atoms with van der Waals surface area (Å²) in [6.45, 7) is 0.812. The molecule has 1 aromatic rings. The minimum Gasteiger partial charge on any atom is -0.349 e. The Balaban J connectivity index is 1.94. The molecule has 1 aliphatic heterocycles. The van der Waals surface area contributed by atoms with Crippen LogP contribution in [0.5, 0.6) is 0 Å². The van der Waals surface area contributed by atoms with Crippen LogP contribution in [0.1, 0.15) is 23.3 Å². The monoisotopic (exact) mass is 284 g/mol. The second kappa shape index (κ2) is 5.62. The molecule has 1 saturated heterocycles. The lowest BCUT2D eigenvalue weighted by Gasteiger charge is -2.22. The molecular weight excluding hydrogens is 268 g/mol. The van der Waals surface area contributed by atoms with E-state index in [0.717, 1.165) is 12.8 Å². The number of aromatic nitrogens is 2. The molecule has 0 bridgehead atoms. The van der Waals surface area contributed by atoms with Crippen molar-refractivity contribution in [1.82, 2.24) is 19.6 Å². The molecule has 1 N–H and O–H groups in total. The molecule has 1 atom stereocenters. The summed E-state index contributed by atoms with van der Waals surface area (Å²) < 4.78 is 24.5. The molecule has 104 valence electrons. The summed E-state index contributed by atoms with van der Waals surface area (Å²) in [5, 5.41) is 2.70. The first-order valence-corrected chi connectivity index (χ1v) is 7.84. The van der Waals surface area contributed by atoms with Crippen LogP contribution in [0.3, 0.4) is 0 Å². The highest BCUT2D eigenvalue weighted by Gasteiger charge is 2.31. The molecule has 7 nitrogen and oxygen atoms in total. The van der Waals surface area contributed by atoms with Crippen LogP contribution in [0.25, 0.3) is 0 Å². The van der Waals surface area contributed by atoms with E-state index >= 15 is 0 Å². The number of nitrogens with zero attached hydrogens (tertiary/aromatic N) is 3. The van der Waals surface area contributed by atoms with E-state index in [9.17, 15) is 13.2 Å². The van der Waals surface area contributed by atoms with Gasteiger partial charge in [0.15, 0.2) is 0 Å². The van der Waals surface area contributed by atoms with Crippen molar-refractivity contribution in [2.45, 2.75) is 18.9 Å². The lowest BCUT2D eigenvalue weighted by Crippen LogP contribution is -2.42. The standard InChI is InChI=1S/C11H16N4O3S/c1-19(17,18)15-6-2-3-9(15)7-14-11(16)10-8-12-4-5-13-10/h4-5,8-9H,2-3,6-7H2,1H3,(H,14,16). The van der Waals surface area contributed by atoms with Crippen LogP contribution in [-0.2, 0) is 10.0 Å². The summed E-state index contributed by atoms with van der Waals surface area (Å²) in [6.07, 6.45) is 7.06. The molecule has 8 heteroatoms. The molecule has 2 rings (SSSR count). The van der Waals surface area contributed by atoms with E-state index in [-0.39, 0.29) is 17.6 Å². The zero-order valence-corrected chi connectivity index (χ0v) is 11.4. The van der Waals surface area contributed by atoms with Gasteiger partial charge in [-0.3, -0.25) is 9.78 Å². The van der Waals surface area contributed by atoms with Crippen molar-refractivity contribution in [3.63, 3.8) is 0 Å². The molecular formula is C11H16N4O3S. The van der Waals surface area contributed by atoms with E-state index < -0.39 is 10.0 Å². The van der Waals surface area contributed by atoms with Crippen LogP contribution in [0.15, 0.2) is 18.6 Å². The Kier molecular flexibility index (Phi) is 4.11. The number of carbonyl (C=O) groups is 1.